The summed E-state index contributed by atoms with van der Waals surface area (Å²) in [5.74, 6) is -1.02. The fraction of sp³-hybridized carbons (Fsp3) is 0.133. The standard InChI is InChI=1S/C15H15FN2O/c1-9-3-6-12(13(16)7-9)15(19)18-11-5-4-10(2)14(17)8-11/h3-8H,17H2,1-2H3,(H,18,19). The second kappa shape index (κ2) is 5.10. The fourth-order valence-corrected chi connectivity index (χ4v) is 1.72. The Balaban J connectivity index is 2.23. The Labute approximate surface area is 111 Å². The number of halogens is 1. The van der Waals surface area contributed by atoms with E-state index in [2.05, 4.69) is 5.32 Å². The highest BCUT2D eigenvalue weighted by atomic mass is 19.1. The summed E-state index contributed by atoms with van der Waals surface area (Å²) in [6, 6.07) is 9.68. The molecule has 3 N–H and O–H groups in total. The van der Waals surface area contributed by atoms with Crippen molar-refractivity contribution in [3.8, 4) is 0 Å². The number of carbonyl (C=O) groups excluding carboxylic acids is 1. The fourth-order valence-electron chi connectivity index (χ4n) is 1.72. The van der Waals surface area contributed by atoms with Crippen molar-refractivity contribution in [1.29, 1.82) is 0 Å². The first-order chi connectivity index (χ1) is 8.97. The number of nitrogens with one attached hydrogen (secondary N) is 1. The number of carbonyl (C=O) groups is 1. The van der Waals surface area contributed by atoms with Gasteiger partial charge in [0.1, 0.15) is 5.82 Å². The van der Waals surface area contributed by atoms with Crippen molar-refractivity contribution in [3.05, 3.63) is 58.9 Å². The first-order valence-electron chi connectivity index (χ1n) is 5.91. The van der Waals surface area contributed by atoms with Gasteiger partial charge in [-0.3, -0.25) is 4.79 Å². The molecule has 98 valence electrons. The lowest BCUT2D eigenvalue weighted by Gasteiger charge is -2.08. The topological polar surface area (TPSA) is 55.1 Å². The molecule has 0 radical (unpaired) electrons. The van der Waals surface area contributed by atoms with Crippen LogP contribution in [0.15, 0.2) is 36.4 Å². The average Bonchev–Trinajstić information content (AvgIpc) is 2.33. The zero-order valence-corrected chi connectivity index (χ0v) is 10.8. The minimum absolute atomic E-state index is 0.0183. The molecule has 0 fully saturated rings. The van der Waals surface area contributed by atoms with Crippen molar-refractivity contribution in [2.45, 2.75) is 13.8 Å². The molecular weight excluding hydrogens is 243 g/mol. The first kappa shape index (κ1) is 13.1. The molecule has 2 aromatic rings. The van der Waals surface area contributed by atoms with Gasteiger partial charge in [0, 0.05) is 11.4 Å². The van der Waals surface area contributed by atoms with Crippen molar-refractivity contribution in [2.24, 2.45) is 0 Å². The SMILES string of the molecule is Cc1ccc(C(=O)Nc2ccc(C)c(N)c2)c(F)c1. The number of hydrogen-bond acceptors (Lipinski definition) is 2. The number of nitrogens with two attached hydrogens (primary N) is 1. The average molecular weight is 258 g/mol. The number of benzene rings is 2. The van der Waals surface area contributed by atoms with Gasteiger partial charge >= 0.3 is 0 Å². The molecular formula is C15H15FN2O. The second-order valence-corrected chi connectivity index (χ2v) is 4.51. The summed E-state index contributed by atoms with van der Waals surface area (Å²) in [6.07, 6.45) is 0. The Morgan fingerprint density at radius 1 is 1.16 bits per heavy atom. The van der Waals surface area contributed by atoms with Gasteiger partial charge < -0.3 is 11.1 Å². The largest absolute Gasteiger partial charge is 0.398 e. The molecule has 0 aliphatic heterocycles. The molecule has 0 saturated carbocycles. The highest BCUT2D eigenvalue weighted by molar-refractivity contribution is 6.04. The van der Waals surface area contributed by atoms with E-state index in [-0.39, 0.29) is 5.56 Å². The molecule has 0 unspecified atom stereocenters. The normalized spacial score (nSPS) is 10.3. The summed E-state index contributed by atoms with van der Waals surface area (Å²) in [6.45, 7) is 3.64. The molecule has 2 aromatic carbocycles. The first-order valence-corrected chi connectivity index (χ1v) is 5.91. The van der Waals surface area contributed by atoms with E-state index in [4.69, 9.17) is 5.73 Å². The molecule has 19 heavy (non-hydrogen) atoms. The van der Waals surface area contributed by atoms with Crippen LogP contribution in [0.1, 0.15) is 21.5 Å². The quantitative estimate of drug-likeness (QED) is 0.812. The summed E-state index contributed by atoms with van der Waals surface area (Å²) in [5, 5.41) is 2.63. The molecule has 0 atom stereocenters. The van der Waals surface area contributed by atoms with Crippen molar-refractivity contribution in [2.75, 3.05) is 11.1 Å². The summed E-state index contributed by atoms with van der Waals surface area (Å²) >= 11 is 0. The smallest absolute Gasteiger partial charge is 0.258 e. The van der Waals surface area contributed by atoms with Gasteiger partial charge in [0.05, 0.1) is 5.56 Å². The minimum Gasteiger partial charge on any atom is -0.398 e. The van der Waals surface area contributed by atoms with Crippen LogP contribution in [0.25, 0.3) is 0 Å². The van der Waals surface area contributed by atoms with Crippen LogP contribution in [-0.2, 0) is 0 Å². The lowest BCUT2D eigenvalue weighted by Crippen LogP contribution is -2.14. The second-order valence-electron chi connectivity index (χ2n) is 4.51. The maximum Gasteiger partial charge on any atom is 0.258 e. The van der Waals surface area contributed by atoms with Gasteiger partial charge in [0.25, 0.3) is 5.91 Å². The monoisotopic (exact) mass is 258 g/mol. The molecule has 0 aliphatic carbocycles. The summed E-state index contributed by atoms with van der Waals surface area (Å²) in [5.41, 5.74) is 8.61. The molecule has 0 heterocycles. The van der Waals surface area contributed by atoms with Crippen LogP contribution in [-0.4, -0.2) is 5.91 Å². The molecule has 2 rings (SSSR count). The van der Waals surface area contributed by atoms with E-state index in [9.17, 15) is 9.18 Å². The van der Waals surface area contributed by atoms with Crippen molar-refractivity contribution in [1.82, 2.24) is 0 Å². The third kappa shape index (κ3) is 2.91. The van der Waals surface area contributed by atoms with E-state index < -0.39 is 11.7 Å². The van der Waals surface area contributed by atoms with Crippen LogP contribution in [0, 0.1) is 19.7 Å². The summed E-state index contributed by atoms with van der Waals surface area (Å²) in [7, 11) is 0. The van der Waals surface area contributed by atoms with Gasteiger partial charge in [-0.05, 0) is 49.2 Å². The van der Waals surface area contributed by atoms with Crippen LogP contribution in [0.3, 0.4) is 0 Å². The van der Waals surface area contributed by atoms with E-state index in [1.165, 1.54) is 12.1 Å². The zero-order valence-electron chi connectivity index (χ0n) is 10.8. The van der Waals surface area contributed by atoms with E-state index in [1.807, 2.05) is 6.92 Å². The van der Waals surface area contributed by atoms with Gasteiger partial charge in [-0.1, -0.05) is 12.1 Å². The molecule has 0 aliphatic rings. The lowest BCUT2D eigenvalue weighted by molar-refractivity contribution is 0.102. The Morgan fingerprint density at radius 3 is 2.53 bits per heavy atom. The Morgan fingerprint density at radius 2 is 1.89 bits per heavy atom. The van der Waals surface area contributed by atoms with E-state index in [1.54, 1.807) is 31.2 Å². The third-order valence-electron chi connectivity index (χ3n) is 2.91. The maximum atomic E-state index is 13.7. The van der Waals surface area contributed by atoms with Gasteiger partial charge in [-0.15, -0.1) is 0 Å². The van der Waals surface area contributed by atoms with Crippen molar-refractivity contribution >= 4 is 17.3 Å². The molecule has 4 heteroatoms. The van der Waals surface area contributed by atoms with Crippen LogP contribution in [0.5, 0.6) is 0 Å². The van der Waals surface area contributed by atoms with E-state index in [0.717, 1.165) is 11.1 Å². The van der Waals surface area contributed by atoms with Gasteiger partial charge in [0.2, 0.25) is 0 Å². The Kier molecular flexibility index (Phi) is 3.51. The van der Waals surface area contributed by atoms with Gasteiger partial charge in [-0.25, -0.2) is 4.39 Å². The predicted molar refractivity (Wildman–Crippen MR) is 74.7 cm³/mol. The minimum atomic E-state index is -0.530. The number of nitrogen functional groups attached to an aromatic ring is 1. The molecule has 0 spiro atoms. The number of anilines is 2. The van der Waals surface area contributed by atoms with Crippen molar-refractivity contribution < 1.29 is 9.18 Å². The Bertz CT molecular complexity index is 638. The highest BCUT2D eigenvalue weighted by Gasteiger charge is 2.12. The van der Waals surface area contributed by atoms with Crippen LogP contribution < -0.4 is 11.1 Å². The van der Waals surface area contributed by atoms with E-state index >= 15 is 0 Å². The molecule has 0 saturated heterocycles. The maximum absolute atomic E-state index is 13.7. The summed E-state index contributed by atoms with van der Waals surface area (Å²) in [4.78, 5) is 12.0. The third-order valence-corrected chi connectivity index (χ3v) is 2.91. The van der Waals surface area contributed by atoms with E-state index in [0.29, 0.717) is 11.4 Å². The zero-order chi connectivity index (χ0) is 14.0. The number of amides is 1. The van der Waals surface area contributed by atoms with Gasteiger partial charge in [0.15, 0.2) is 0 Å². The molecule has 0 bridgehead atoms. The van der Waals surface area contributed by atoms with Crippen LogP contribution >= 0.6 is 0 Å². The molecule has 0 aromatic heterocycles. The number of rotatable bonds is 2. The van der Waals surface area contributed by atoms with Crippen LogP contribution in [0.4, 0.5) is 15.8 Å². The van der Waals surface area contributed by atoms with Gasteiger partial charge in [-0.2, -0.15) is 0 Å². The predicted octanol–water partition coefficient (Wildman–Crippen LogP) is 3.28. The molecule has 1 amide bonds. The number of hydrogen-bond donors (Lipinski definition) is 2. The van der Waals surface area contributed by atoms with Crippen LogP contribution in [0.2, 0.25) is 0 Å². The number of aryl methyl sites for hydroxylation is 2. The summed E-state index contributed by atoms with van der Waals surface area (Å²) < 4.78 is 13.7. The van der Waals surface area contributed by atoms with Crippen molar-refractivity contribution in [3.63, 3.8) is 0 Å². The lowest BCUT2D eigenvalue weighted by atomic mass is 10.1. The molecule has 3 nitrogen and oxygen atoms in total. The Hall–Kier alpha value is -2.36. The highest BCUT2D eigenvalue weighted by Crippen LogP contribution is 2.18.